The maximum atomic E-state index is 13.2. The highest BCUT2D eigenvalue weighted by molar-refractivity contribution is 7.11. The van der Waals surface area contributed by atoms with E-state index in [9.17, 15) is 23.5 Å². The molecule has 1 saturated carbocycles. The molecular formula is C18H18F2N2O3S. The predicted molar refractivity (Wildman–Crippen MR) is 96.1 cm³/mol. The summed E-state index contributed by atoms with van der Waals surface area (Å²) in [4.78, 5) is 24.6. The fraction of sp³-hybridized carbons (Fsp3) is 0.333. The molecule has 5 nitrogen and oxygen atoms in total. The van der Waals surface area contributed by atoms with Gasteiger partial charge in [-0.3, -0.25) is 0 Å². The summed E-state index contributed by atoms with van der Waals surface area (Å²) in [6.45, 7) is 0. The summed E-state index contributed by atoms with van der Waals surface area (Å²) < 4.78 is 26.1. The van der Waals surface area contributed by atoms with Crippen molar-refractivity contribution in [3.8, 4) is 0 Å². The molecule has 26 heavy (non-hydrogen) atoms. The van der Waals surface area contributed by atoms with E-state index in [4.69, 9.17) is 0 Å². The number of hydrogen-bond acceptors (Lipinski definition) is 3. The minimum Gasteiger partial charge on any atom is -0.478 e. The first-order valence-electron chi connectivity index (χ1n) is 8.33. The summed E-state index contributed by atoms with van der Waals surface area (Å²) in [5.74, 6) is -2.98. The maximum Gasteiger partial charge on any atom is 0.338 e. The van der Waals surface area contributed by atoms with E-state index < -0.39 is 23.6 Å². The maximum absolute atomic E-state index is 13.2. The topological polar surface area (TPSA) is 78.4 Å². The van der Waals surface area contributed by atoms with Crippen LogP contribution in [-0.2, 0) is 0 Å². The molecule has 0 aliphatic heterocycles. The van der Waals surface area contributed by atoms with Gasteiger partial charge in [-0.2, -0.15) is 0 Å². The first-order valence-corrected chi connectivity index (χ1v) is 9.21. The fourth-order valence-corrected chi connectivity index (χ4v) is 4.37. The number of hydrogen-bond donors (Lipinski definition) is 3. The Bertz CT molecular complexity index is 832. The first kappa shape index (κ1) is 18.3. The van der Waals surface area contributed by atoms with E-state index in [-0.39, 0.29) is 22.9 Å². The number of anilines is 2. The lowest BCUT2D eigenvalue weighted by atomic mass is 9.86. The summed E-state index contributed by atoms with van der Waals surface area (Å²) in [5, 5.41) is 16.1. The van der Waals surface area contributed by atoms with E-state index in [1.54, 1.807) is 5.38 Å². The second-order valence-electron chi connectivity index (χ2n) is 6.24. The number of nitrogens with one attached hydrogen (secondary N) is 2. The summed E-state index contributed by atoms with van der Waals surface area (Å²) in [5.41, 5.74) is 0.395. The predicted octanol–water partition coefficient (Wildman–Crippen LogP) is 5.42. The van der Waals surface area contributed by atoms with E-state index in [1.165, 1.54) is 17.4 Å². The highest BCUT2D eigenvalue weighted by Gasteiger charge is 2.26. The van der Waals surface area contributed by atoms with Crippen molar-refractivity contribution in [3.05, 3.63) is 45.7 Å². The van der Waals surface area contributed by atoms with Crippen molar-refractivity contribution in [3.63, 3.8) is 0 Å². The molecular weight excluding hydrogens is 362 g/mol. The standard InChI is InChI=1S/C18H18F2N2O3S/c19-12-7-6-11(8-13(12)20)21-18(25)22-14-9-26-16(15(14)17(23)24)10-4-2-1-3-5-10/h6-10H,1-5H2,(H,23,24)(H2,21,22,25). The number of halogens is 2. The minimum atomic E-state index is -1.09. The second-order valence-corrected chi connectivity index (χ2v) is 7.15. The van der Waals surface area contributed by atoms with Gasteiger partial charge < -0.3 is 15.7 Å². The Balaban J connectivity index is 1.76. The van der Waals surface area contributed by atoms with E-state index in [0.717, 1.165) is 49.1 Å². The van der Waals surface area contributed by atoms with Crippen molar-refractivity contribution < 1.29 is 23.5 Å². The molecule has 1 heterocycles. The van der Waals surface area contributed by atoms with Crippen LogP contribution in [0.25, 0.3) is 0 Å². The SMILES string of the molecule is O=C(Nc1ccc(F)c(F)c1)Nc1csc(C2CCCCC2)c1C(=O)O. The number of carbonyl (C=O) groups excluding carboxylic acids is 1. The molecule has 138 valence electrons. The lowest BCUT2D eigenvalue weighted by Gasteiger charge is -2.21. The Labute approximate surface area is 153 Å². The average molecular weight is 380 g/mol. The van der Waals surface area contributed by atoms with Gasteiger partial charge in [0.25, 0.3) is 0 Å². The zero-order valence-electron chi connectivity index (χ0n) is 13.9. The number of carbonyl (C=O) groups is 2. The third kappa shape index (κ3) is 4.01. The van der Waals surface area contributed by atoms with Crippen LogP contribution in [0.5, 0.6) is 0 Å². The molecule has 3 N–H and O–H groups in total. The molecule has 0 spiro atoms. The van der Waals surface area contributed by atoms with Gasteiger partial charge in [-0.1, -0.05) is 19.3 Å². The van der Waals surface area contributed by atoms with Crippen molar-refractivity contribution in [2.45, 2.75) is 38.0 Å². The molecule has 1 fully saturated rings. The van der Waals surface area contributed by atoms with Crippen molar-refractivity contribution in [1.82, 2.24) is 0 Å². The molecule has 2 amide bonds. The van der Waals surface area contributed by atoms with Gasteiger partial charge in [0, 0.05) is 22.0 Å². The second kappa shape index (κ2) is 7.82. The zero-order chi connectivity index (χ0) is 18.7. The molecule has 0 atom stereocenters. The number of aromatic carboxylic acids is 1. The van der Waals surface area contributed by atoms with E-state index in [0.29, 0.717) is 0 Å². The highest BCUT2D eigenvalue weighted by atomic mass is 32.1. The molecule has 0 unspecified atom stereocenters. The van der Waals surface area contributed by atoms with Crippen molar-refractivity contribution in [1.29, 1.82) is 0 Å². The average Bonchev–Trinajstić information content (AvgIpc) is 3.02. The number of benzene rings is 1. The quantitative estimate of drug-likeness (QED) is 0.663. The smallest absolute Gasteiger partial charge is 0.338 e. The third-order valence-electron chi connectivity index (χ3n) is 4.43. The van der Waals surface area contributed by atoms with Crippen LogP contribution >= 0.6 is 11.3 Å². The van der Waals surface area contributed by atoms with Gasteiger partial charge in [-0.05, 0) is 30.9 Å². The molecule has 2 aromatic rings. The zero-order valence-corrected chi connectivity index (χ0v) is 14.7. The lowest BCUT2D eigenvalue weighted by molar-refractivity contribution is 0.0696. The van der Waals surface area contributed by atoms with Crippen molar-refractivity contribution in [2.24, 2.45) is 0 Å². The minimum absolute atomic E-state index is 0.0704. The molecule has 1 aliphatic rings. The highest BCUT2D eigenvalue weighted by Crippen LogP contribution is 2.40. The van der Waals surface area contributed by atoms with Crippen LogP contribution in [-0.4, -0.2) is 17.1 Å². The molecule has 8 heteroatoms. The van der Waals surface area contributed by atoms with Crippen LogP contribution in [0.1, 0.15) is 53.3 Å². The summed E-state index contributed by atoms with van der Waals surface area (Å²) in [6.07, 6.45) is 5.19. The first-order chi connectivity index (χ1) is 12.5. The largest absolute Gasteiger partial charge is 0.478 e. The van der Waals surface area contributed by atoms with E-state index in [2.05, 4.69) is 10.6 Å². The fourth-order valence-electron chi connectivity index (χ4n) is 3.21. The Hall–Kier alpha value is -2.48. The van der Waals surface area contributed by atoms with Crippen LogP contribution in [0, 0.1) is 11.6 Å². The molecule has 1 aliphatic carbocycles. The van der Waals surface area contributed by atoms with Crippen LogP contribution in [0.3, 0.4) is 0 Å². The number of urea groups is 1. The van der Waals surface area contributed by atoms with Crippen LogP contribution in [0.15, 0.2) is 23.6 Å². The number of carboxylic acid groups (broad SMARTS) is 1. The van der Waals surface area contributed by atoms with E-state index in [1.807, 2.05) is 0 Å². The Morgan fingerprint density at radius 2 is 1.81 bits per heavy atom. The van der Waals surface area contributed by atoms with Crippen LogP contribution in [0.2, 0.25) is 0 Å². The van der Waals surface area contributed by atoms with Gasteiger partial charge in [0.2, 0.25) is 0 Å². The van der Waals surface area contributed by atoms with Gasteiger partial charge in [-0.15, -0.1) is 11.3 Å². The normalized spacial score (nSPS) is 14.8. The molecule has 0 radical (unpaired) electrons. The molecule has 0 bridgehead atoms. The Morgan fingerprint density at radius 1 is 1.08 bits per heavy atom. The van der Waals surface area contributed by atoms with Crippen molar-refractivity contribution in [2.75, 3.05) is 10.6 Å². The Kier molecular flexibility index (Phi) is 5.51. The van der Waals surface area contributed by atoms with E-state index >= 15 is 0 Å². The van der Waals surface area contributed by atoms with Gasteiger partial charge in [0.15, 0.2) is 11.6 Å². The van der Waals surface area contributed by atoms with Gasteiger partial charge in [0.05, 0.1) is 11.3 Å². The van der Waals surface area contributed by atoms with Gasteiger partial charge in [-0.25, -0.2) is 18.4 Å². The number of carboxylic acids is 1. The van der Waals surface area contributed by atoms with Crippen molar-refractivity contribution >= 4 is 34.7 Å². The van der Waals surface area contributed by atoms with Crippen LogP contribution in [0.4, 0.5) is 25.0 Å². The lowest BCUT2D eigenvalue weighted by Crippen LogP contribution is -2.21. The molecule has 0 saturated heterocycles. The molecule has 1 aromatic carbocycles. The number of thiophene rings is 1. The van der Waals surface area contributed by atoms with Gasteiger partial charge in [0.1, 0.15) is 0 Å². The molecule has 1 aromatic heterocycles. The third-order valence-corrected chi connectivity index (χ3v) is 5.58. The monoisotopic (exact) mass is 380 g/mol. The number of amides is 2. The molecule has 3 rings (SSSR count). The van der Waals surface area contributed by atoms with Crippen LogP contribution < -0.4 is 10.6 Å². The Morgan fingerprint density at radius 3 is 2.46 bits per heavy atom. The summed E-state index contributed by atoms with van der Waals surface area (Å²) in [7, 11) is 0. The summed E-state index contributed by atoms with van der Waals surface area (Å²) >= 11 is 1.33. The summed E-state index contributed by atoms with van der Waals surface area (Å²) in [6, 6.07) is 2.26. The number of rotatable bonds is 4. The van der Waals surface area contributed by atoms with Gasteiger partial charge >= 0.3 is 12.0 Å².